The van der Waals surface area contributed by atoms with E-state index >= 15 is 0 Å². The Hall–Kier alpha value is -1.57. The van der Waals surface area contributed by atoms with Gasteiger partial charge in [-0.1, -0.05) is 30.3 Å². The summed E-state index contributed by atoms with van der Waals surface area (Å²) in [4.78, 5) is 28.8. The molecule has 7 heteroatoms. The molecule has 1 aromatic rings. The monoisotopic (exact) mass is 377 g/mol. The molecule has 2 atom stereocenters. The highest BCUT2D eigenvalue weighted by molar-refractivity contribution is 7.99. The Balaban J connectivity index is 1.51. The first-order chi connectivity index (χ1) is 12.7. The summed E-state index contributed by atoms with van der Waals surface area (Å²) in [6, 6.07) is 9.65. The van der Waals surface area contributed by atoms with Crippen LogP contribution in [0.2, 0.25) is 0 Å². The number of thioether (sulfide) groups is 1. The number of hydrogen-bond donors (Lipinski definition) is 2. The van der Waals surface area contributed by atoms with Crippen molar-refractivity contribution < 1.29 is 14.7 Å². The minimum atomic E-state index is -0.160. The van der Waals surface area contributed by atoms with Gasteiger partial charge in [-0.15, -0.1) is 11.8 Å². The van der Waals surface area contributed by atoms with Crippen molar-refractivity contribution in [3.8, 4) is 0 Å². The van der Waals surface area contributed by atoms with Crippen LogP contribution in [0.4, 0.5) is 0 Å². The van der Waals surface area contributed by atoms with E-state index in [9.17, 15) is 14.7 Å². The van der Waals surface area contributed by atoms with Gasteiger partial charge in [0, 0.05) is 31.8 Å². The van der Waals surface area contributed by atoms with Gasteiger partial charge in [0.15, 0.2) is 0 Å². The third kappa shape index (κ3) is 4.99. The van der Waals surface area contributed by atoms with Crippen molar-refractivity contribution in [3.63, 3.8) is 0 Å². The van der Waals surface area contributed by atoms with Crippen molar-refractivity contribution in [2.45, 2.75) is 25.4 Å². The third-order valence-corrected chi connectivity index (χ3v) is 5.95. The van der Waals surface area contributed by atoms with Gasteiger partial charge < -0.3 is 20.2 Å². The fraction of sp³-hybridized carbons (Fsp3) is 0.579. The highest BCUT2D eigenvalue weighted by Crippen LogP contribution is 2.23. The van der Waals surface area contributed by atoms with Gasteiger partial charge in [-0.2, -0.15) is 0 Å². The molecule has 0 radical (unpaired) electrons. The van der Waals surface area contributed by atoms with Crippen LogP contribution in [0.15, 0.2) is 30.3 Å². The summed E-state index contributed by atoms with van der Waals surface area (Å²) in [6.07, 6.45) is 1.13. The maximum absolute atomic E-state index is 12.7. The molecular weight excluding hydrogens is 350 g/mol. The Morgan fingerprint density at radius 3 is 2.81 bits per heavy atom. The molecule has 3 rings (SSSR count). The number of aliphatic hydroxyl groups excluding tert-OH is 1. The van der Waals surface area contributed by atoms with E-state index in [1.807, 2.05) is 35.2 Å². The van der Waals surface area contributed by atoms with E-state index in [4.69, 9.17) is 0 Å². The standard InChI is InChI=1S/C19H27N3O3S/c23-8-6-21(13-15-4-2-1-3-5-15)18(24)11-16-10-17(20-12-16)19(25)22-7-9-26-14-22/h1-5,16-17,20,23H,6-14H2/t16?,17-/m0/s1. The summed E-state index contributed by atoms with van der Waals surface area (Å²) in [5.74, 6) is 2.17. The lowest BCUT2D eigenvalue weighted by molar-refractivity contribution is -0.134. The van der Waals surface area contributed by atoms with Gasteiger partial charge in [0.05, 0.1) is 18.5 Å². The van der Waals surface area contributed by atoms with E-state index in [1.165, 1.54) is 0 Å². The van der Waals surface area contributed by atoms with Crippen molar-refractivity contribution in [2.24, 2.45) is 5.92 Å². The Morgan fingerprint density at radius 1 is 1.31 bits per heavy atom. The van der Waals surface area contributed by atoms with Crippen LogP contribution in [0.5, 0.6) is 0 Å². The van der Waals surface area contributed by atoms with Crippen molar-refractivity contribution >= 4 is 23.6 Å². The Labute approximate surface area is 158 Å². The van der Waals surface area contributed by atoms with Gasteiger partial charge in [-0.3, -0.25) is 9.59 Å². The molecule has 2 N–H and O–H groups in total. The summed E-state index contributed by atoms with van der Waals surface area (Å²) in [5, 5.41) is 12.6. The quantitative estimate of drug-likeness (QED) is 0.739. The normalized spacial score (nSPS) is 22.6. The summed E-state index contributed by atoms with van der Waals surface area (Å²) in [7, 11) is 0. The summed E-state index contributed by atoms with van der Waals surface area (Å²) in [5.41, 5.74) is 1.05. The van der Waals surface area contributed by atoms with Crippen LogP contribution in [0.3, 0.4) is 0 Å². The van der Waals surface area contributed by atoms with Crippen molar-refractivity contribution in [1.82, 2.24) is 15.1 Å². The molecule has 2 aliphatic heterocycles. The molecule has 2 saturated heterocycles. The lowest BCUT2D eigenvalue weighted by Gasteiger charge is -2.23. The van der Waals surface area contributed by atoms with Gasteiger partial charge in [-0.25, -0.2) is 0 Å². The van der Waals surface area contributed by atoms with Gasteiger partial charge in [-0.05, 0) is 24.4 Å². The van der Waals surface area contributed by atoms with E-state index in [1.54, 1.807) is 16.7 Å². The predicted molar refractivity (Wildman–Crippen MR) is 102 cm³/mol. The number of amides is 2. The van der Waals surface area contributed by atoms with Crippen LogP contribution in [-0.4, -0.2) is 70.6 Å². The molecule has 26 heavy (non-hydrogen) atoms. The number of rotatable bonds is 7. The van der Waals surface area contributed by atoms with Gasteiger partial charge >= 0.3 is 0 Å². The van der Waals surface area contributed by atoms with Gasteiger partial charge in [0.25, 0.3) is 0 Å². The molecule has 2 amide bonds. The Bertz CT molecular complexity index is 607. The van der Waals surface area contributed by atoms with Crippen LogP contribution in [0.25, 0.3) is 0 Å². The van der Waals surface area contributed by atoms with E-state index in [-0.39, 0.29) is 30.4 Å². The lowest BCUT2D eigenvalue weighted by atomic mass is 10.00. The zero-order chi connectivity index (χ0) is 18.4. The molecule has 0 saturated carbocycles. The van der Waals surface area contributed by atoms with Crippen LogP contribution in [0.1, 0.15) is 18.4 Å². The Kier molecular flexibility index (Phi) is 6.93. The zero-order valence-electron chi connectivity index (χ0n) is 15.0. The molecule has 1 unspecified atom stereocenters. The molecule has 142 valence electrons. The minimum absolute atomic E-state index is 0.0412. The zero-order valence-corrected chi connectivity index (χ0v) is 15.8. The number of nitrogens with one attached hydrogen (secondary N) is 1. The predicted octanol–water partition coefficient (Wildman–Crippen LogP) is 0.909. The number of nitrogens with zero attached hydrogens (tertiary/aromatic N) is 2. The number of benzene rings is 1. The SMILES string of the molecule is O=C(CC1CN[C@H](C(=O)N2CCSC2)C1)N(CCO)Cc1ccccc1. The first-order valence-corrected chi connectivity index (χ1v) is 10.4. The van der Waals surface area contributed by atoms with Crippen LogP contribution < -0.4 is 5.32 Å². The topological polar surface area (TPSA) is 72.9 Å². The number of carbonyl (C=O) groups excluding carboxylic acids is 2. The van der Waals surface area contributed by atoms with Crippen molar-refractivity contribution in [3.05, 3.63) is 35.9 Å². The van der Waals surface area contributed by atoms with Gasteiger partial charge in [0.2, 0.25) is 11.8 Å². The second kappa shape index (κ2) is 9.39. The second-order valence-corrected chi connectivity index (χ2v) is 8.00. The van der Waals surface area contributed by atoms with Crippen LogP contribution in [-0.2, 0) is 16.1 Å². The van der Waals surface area contributed by atoms with E-state index in [2.05, 4.69) is 5.32 Å². The molecule has 1 aromatic carbocycles. The number of aliphatic hydroxyl groups is 1. The third-order valence-electron chi connectivity index (χ3n) is 4.99. The molecular formula is C19H27N3O3S. The smallest absolute Gasteiger partial charge is 0.240 e. The average Bonchev–Trinajstić information content (AvgIpc) is 3.34. The van der Waals surface area contributed by atoms with Crippen molar-refractivity contribution in [1.29, 1.82) is 0 Å². The molecule has 0 aromatic heterocycles. The van der Waals surface area contributed by atoms with E-state index < -0.39 is 0 Å². The number of hydrogen-bond acceptors (Lipinski definition) is 5. The first-order valence-electron chi connectivity index (χ1n) is 9.20. The molecule has 2 aliphatic rings. The summed E-state index contributed by atoms with van der Waals surface area (Å²) >= 11 is 1.78. The molecule has 2 heterocycles. The molecule has 0 aliphatic carbocycles. The second-order valence-electron chi connectivity index (χ2n) is 6.93. The van der Waals surface area contributed by atoms with E-state index in [0.29, 0.717) is 32.5 Å². The fourth-order valence-electron chi connectivity index (χ4n) is 3.55. The number of carbonyl (C=O) groups is 2. The molecule has 0 spiro atoms. The van der Waals surface area contributed by atoms with Gasteiger partial charge in [0.1, 0.15) is 0 Å². The maximum Gasteiger partial charge on any atom is 0.240 e. The largest absolute Gasteiger partial charge is 0.395 e. The maximum atomic E-state index is 12.7. The molecule has 6 nitrogen and oxygen atoms in total. The molecule has 0 bridgehead atoms. The Morgan fingerprint density at radius 2 is 2.12 bits per heavy atom. The highest BCUT2D eigenvalue weighted by atomic mass is 32.2. The minimum Gasteiger partial charge on any atom is -0.395 e. The summed E-state index contributed by atoms with van der Waals surface area (Å²) < 4.78 is 0. The first kappa shape index (κ1) is 19.2. The van der Waals surface area contributed by atoms with Crippen molar-refractivity contribution in [2.75, 3.05) is 37.9 Å². The highest BCUT2D eigenvalue weighted by Gasteiger charge is 2.34. The van der Waals surface area contributed by atoms with E-state index in [0.717, 1.165) is 23.7 Å². The van der Waals surface area contributed by atoms with Crippen LogP contribution in [0, 0.1) is 5.92 Å². The lowest BCUT2D eigenvalue weighted by Crippen LogP contribution is -2.42. The molecule has 2 fully saturated rings. The van der Waals surface area contributed by atoms with Crippen LogP contribution >= 0.6 is 11.8 Å². The average molecular weight is 378 g/mol. The summed E-state index contributed by atoms with van der Waals surface area (Å²) in [6.45, 7) is 2.32. The fourth-order valence-corrected chi connectivity index (χ4v) is 4.51.